The summed E-state index contributed by atoms with van der Waals surface area (Å²) in [7, 11) is 0. The number of hydrogen-bond acceptors (Lipinski definition) is 2. The first-order valence-electron chi connectivity index (χ1n) is 7.51. The summed E-state index contributed by atoms with van der Waals surface area (Å²) in [5.41, 5.74) is 6.13. The summed E-state index contributed by atoms with van der Waals surface area (Å²) in [5.74, 6) is 0. The lowest BCUT2D eigenvalue weighted by atomic mass is 10.1. The molecule has 0 aliphatic heterocycles. The molecule has 0 aliphatic rings. The van der Waals surface area contributed by atoms with Crippen molar-refractivity contribution in [2.24, 2.45) is 0 Å². The molecule has 1 heterocycles. The third-order valence-corrected chi connectivity index (χ3v) is 4.26. The van der Waals surface area contributed by atoms with Gasteiger partial charge in [-0.2, -0.15) is 5.10 Å². The molecule has 0 bridgehead atoms. The molecule has 1 N–H and O–H groups in total. The van der Waals surface area contributed by atoms with E-state index in [1.54, 1.807) is 0 Å². The van der Waals surface area contributed by atoms with Gasteiger partial charge in [0.05, 0.1) is 11.4 Å². The minimum Gasteiger partial charge on any atom is -0.310 e. The van der Waals surface area contributed by atoms with Crippen molar-refractivity contribution in [3.63, 3.8) is 0 Å². The average molecular weight is 350 g/mol. The Morgan fingerprint density at radius 2 is 2.00 bits per heavy atom. The number of nitrogens with one attached hydrogen (secondary N) is 1. The minimum absolute atomic E-state index is 0.462. The van der Waals surface area contributed by atoms with Gasteiger partial charge in [0.25, 0.3) is 0 Å². The molecule has 0 saturated heterocycles. The highest BCUT2D eigenvalue weighted by molar-refractivity contribution is 9.10. The standard InChI is InChI=1S/C17H24BrN3/c1-6-16-12(4)20-21(13(16)5)17-8-7-15(18)9-14(17)10-19-11(2)3/h7-9,11,19H,6,10H2,1-5H3. The largest absolute Gasteiger partial charge is 0.310 e. The van der Waals surface area contributed by atoms with E-state index in [2.05, 4.69) is 78.7 Å². The van der Waals surface area contributed by atoms with Crippen LogP contribution in [0.25, 0.3) is 5.69 Å². The van der Waals surface area contributed by atoms with E-state index in [4.69, 9.17) is 5.10 Å². The molecule has 0 radical (unpaired) electrons. The summed E-state index contributed by atoms with van der Waals surface area (Å²) in [6, 6.07) is 6.85. The van der Waals surface area contributed by atoms with Crippen molar-refractivity contribution in [1.29, 1.82) is 0 Å². The smallest absolute Gasteiger partial charge is 0.0694 e. The monoisotopic (exact) mass is 349 g/mol. The van der Waals surface area contributed by atoms with Crippen molar-refractivity contribution < 1.29 is 0 Å². The summed E-state index contributed by atoms with van der Waals surface area (Å²) in [6.07, 6.45) is 1.02. The van der Waals surface area contributed by atoms with E-state index in [0.29, 0.717) is 6.04 Å². The second-order valence-corrected chi connectivity index (χ2v) is 6.64. The highest BCUT2D eigenvalue weighted by Gasteiger charge is 2.14. The van der Waals surface area contributed by atoms with Crippen LogP contribution < -0.4 is 5.32 Å². The number of aromatic nitrogens is 2. The molecule has 2 aromatic rings. The molecule has 1 aromatic carbocycles. The van der Waals surface area contributed by atoms with Gasteiger partial charge in [-0.25, -0.2) is 4.68 Å². The number of nitrogens with zero attached hydrogens (tertiary/aromatic N) is 2. The Balaban J connectivity index is 2.48. The van der Waals surface area contributed by atoms with Gasteiger partial charge < -0.3 is 5.32 Å². The highest BCUT2D eigenvalue weighted by atomic mass is 79.9. The molecule has 0 atom stereocenters. The Labute approximate surface area is 135 Å². The highest BCUT2D eigenvalue weighted by Crippen LogP contribution is 2.24. The van der Waals surface area contributed by atoms with Crippen molar-refractivity contribution in [3.05, 3.63) is 45.2 Å². The molecule has 0 aliphatic carbocycles. The number of hydrogen-bond donors (Lipinski definition) is 1. The van der Waals surface area contributed by atoms with Crippen molar-refractivity contribution in [2.75, 3.05) is 0 Å². The van der Waals surface area contributed by atoms with Gasteiger partial charge in [-0.3, -0.25) is 0 Å². The summed E-state index contributed by atoms with van der Waals surface area (Å²) in [6.45, 7) is 11.6. The van der Waals surface area contributed by atoms with E-state index in [1.807, 2.05) is 0 Å². The van der Waals surface area contributed by atoms with Crippen LogP contribution >= 0.6 is 15.9 Å². The van der Waals surface area contributed by atoms with E-state index in [0.717, 1.165) is 28.8 Å². The lowest BCUT2D eigenvalue weighted by Crippen LogP contribution is -2.23. The van der Waals surface area contributed by atoms with Gasteiger partial charge in [-0.15, -0.1) is 0 Å². The van der Waals surface area contributed by atoms with Crippen LogP contribution in [0.15, 0.2) is 22.7 Å². The fourth-order valence-corrected chi connectivity index (χ4v) is 3.05. The SMILES string of the molecule is CCc1c(C)nn(-c2ccc(Br)cc2CNC(C)C)c1C. The van der Waals surface area contributed by atoms with Gasteiger partial charge in [-0.1, -0.05) is 36.7 Å². The lowest BCUT2D eigenvalue weighted by Gasteiger charge is -2.14. The van der Waals surface area contributed by atoms with Crippen molar-refractivity contribution in [1.82, 2.24) is 15.1 Å². The molecule has 1 aromatic heterocycles. The summed E-state index contributed by atoms with van der Waals surface area (Å²) < 4.78 is 3.18. The van der Waals surface area contributed by atoms with Crippen LogP contribution in [0.2, 0.25) is 0 Å². The number of rotatable bonds is 5. The molecule has 2 rings (SSSR count). The Bertz CT molecular complexity index is 629. The first kappa shape index (κ1) is 16.2. The first-order valence-corrected chi connectivity index (χ1v) is 8.30. The van der Waals surface area contributed by atoms with Gasteiger partial charge in [-0.05, 0) is 49.6 Å². The zero-order valence-corrected chi connectivity index (χ0v) is 15.1. The Kier molecular flexibility index (Phi) is 5.22. The third kappa shape index (κ3) is 3.55. The number of halogens is 1. The fourth-order valence-electron chi connectivity index (χ4n) is 2.64. The maximum atomic E-state index is 4.74. The zero-order valence-electron chi connectivity index (χ0n) is 13.5. The van der Waals surface area contributed by atoms with Crippen molar-refractivity contribution in [3.8, 4) is 5.69 Å². The van der Waals surface area contributed by atoms with E-state index in [-0.39, 0.29) is 0 Å². The predicted octanol–water partition coefficient (Wildman–Crippen LogP) is 4.31. The summed E-state index contributed by atoms with van der Waals surface area (Å²) in [4.78, 5) is 0. The average Bonchev–Trinajstić information content (AvgIpc) is 2.71. The molecule has 21 heavy (non-hydrogen) atoms. The summed E-state index contributed by atoms with van der Waals surface area (Å²) >= 11 is 3.57. The molecule has 0 unspecified atom stereocenters. The Morgan fingerprint density at radius 3 is 2.57 bits per heavy atom. The van der Waals surface area contributed by atoms with E-state index in [1.165, 1.54) is 16.8 Å². The van der Waals surface area contributed by atoms with Crippen LogP contribution in [0.5, 0.6) is 0 Å². The molecule has 0 amide bonds. The molecule has 4 heteroatoms. The van der Waals surface area contributed by atoms with Crippen LogP contribution in [-0.4, -0.2) is 15.8 Å². The Hall–Kier alpha value is -1.13. The molecule has 114 valence electrons. The van der Waals surface area contributed by atoms with Gasteiger partial charge in [0.1, 0.15) is 0 Å². The molecule has 0 fully saturated rings. The van der Waals surface area contributed by atoms with Gasteiger partial charge in [0.15, 0.2) is 0 Å². The molecule has 3 nitrogen and oxygen atoms in total. The van der Waals surface area contributed by atoms with Crippen LogP contribution in [0.1, 0.15) is 43.3 Å². The number of benzene rings is 1. The third-order valence-electron chi connectivity index (χ3n) is 3.77. The van der Waals surface area contributed by atoms with Crippen LogP contribution in [0.4, 0.5) is 0 Å². The maximum absolute atomic E-state index is 4.74. The predicted molar refractivity (Wildman–Crippen MR) is 92.1 cm³/mol. The van der Waals surface area contributed by atoms with Gasteiger partial charge in [0.2, 0.25) is 0 Å². The number of aryl methyl sites for hydroxylation is 1. The van der Waals surface area contributed by atoms with Crippen LogP contribution in [0.3, 0.4) is 0 Å². The molecule has 0 saturated carbocycles. The second-order valence-electron chi connectivity index (χ2n) is 5.72. The van der Waals surface area contributed by atoms with Crippen molar-refractivity contribution >= 4 is 15.9 Å². The molecular formula is C17H24BrN3. The fraction of sp³-hybridized carbons (Fsp3) is 0.471. The van der Waals surface area contributed by atoms with E-state index >= 15 is 0 Å². The topological polar surface area (TPSA) is 29.9 Å². The normalized spacial score (nSPS) is 11.4. The first-order chi connectivity index (χ1) is 9.93. The van der Waals surface area contributed by atoms with E-state index < -0.39 is 0 Å². The lowest BCUT2D eigenvalue weighted by molar-refractivity contribution is 0.586. The van der Waals surface area contributed by atoms with Gasteiger partial charge in [0, 0.05) is 22.8 Å². The van der Waals surface area contributed by atoms with Gasteiger partial charge >= 0.3 is 0 Å². The second kappa shape index (κ2) is 6.75. The quantitative estimate of drug-likeness (QED) is 0.871. The maximum Gasteiger partial charge on any atom is 0.0694 e. The van der Waals surface area contributed by atoms with Crippen molar-refractivity contribution in [2.45, 2.75) is 53.6 Å². The minimum atomic E-state index is 0.462. The van der Waals surface area contributed by atoms with Crippen LogP contribution in [0, 0.1) is 13.8 Å². The van der Waals surface area contributed by atoms with Crippen LogP contribution in [-0.2, 0) is 13.0 Å². The zero-order chi connectivity index (χ0) is 15.6. The molecular weight excluding hydrogens is 326 g/mol. The summed E-state index contributed by atoms with van der Waals surface area (Å²) in [5, 5.41) is 8.23. The van der Waals surface area contributed by atoms with E-state index in [9.17, 15) is 0 Å². The molecule has 0 spiro atoms. The Morgan fingerprint density at radius 1 is 1.29 bits per heavy atom.